The van der Waals surface area contributed by atoms with Crippen LogP contribution in [-0.4, -0.2) is 29.3 Å². The number of methoxy groups -OCH3 is 1. The molecule has 0 aromatic carbocycles. The summed E-state index contributed by atoms with van der Waals surface area (Å²) >= 11 is 9.55. The predicted molar refractivity (Wildman–Crippen MR) is 81.6 cm³/mol. The van der Waals surface area contributed by atoms with Crippen molar-refractivity contribution < 1.29 is 9.47 Å². The lowest BCUT2D eigenvalue weighted by atomic mass is 9.92. The van der Waals surface area contributed by atoms with Crippen molar-refractivity contribution in [2.24, 2.45) is 0 Å². The highest BCUT2D eigenvalue weighted by molar-refractivity contribution is 9.08. The smallest absolute Gasteiger partial charge is 0.149 e. The first-order valence-electron chi connectivity index (χ1n) is 6.40. The van der Waals surface area contributed by atoms with Gasteiger partial charge in [0.15, 0.2) is 0 Å². The van der Waals surface area contributed by atoms with E-state index in [9.17, 15) is 0 Å². The van der Waals surface area contributed by atoms with Gasteiger partial charge in [-0.05, 0) is 6.07 Å². The Morgan fingerprint density at radius 2 is 2.20 bits per heavy atom. The number of ether oxygens (including phenoxy) is 2. The van der Waals surface area contributed by atoms with Gasteiger partial charge in [0.25, 0.3) is 0 Å². The maximum atomic E-state index is 6.16. The fourth-order valence-corrected chi connectivity index (χ4v) is 3.03. The van der Waals surface area contributed by atoms with Crippen LogP contribution in [0.1, 0.15) is 18.4 Å². The summed E-state index contributed by atoms with van der Waals surface area (Å²) in [5, 5.41) is 1.13. The summed E-state index contributed by atoms with van der Waals surface area (Å²) in [4.78, 5) is 8.74. The van der Waals surface area contributed by atoms with Gasteiger partial charge in [-0.25, -0.2) is 4.98 Å². The van der Waals surface area contributed by atoms with Crippen LogP contribution in [0.25, 0.3) is 11.0 Å². The Morgan fingerprint density at radius 1 is 1.40 bits per heavy atom. The summed E-state index contributed by atoms with van der Waals surface area (Å²) in [6.07, 6.45) is 4.05. The van der Waals surface area contributed by atoms with Crippen LogP contribution >= 0.6 is 27.5 Å². The molecule has 106 valence electrons. The summed E-state index contributed by atoms with van der Waals surface area (Å²) in [5.41, 5.74) is 2.43. The van der Waals surface area contributed by atoms with E-state index in [0.29, 0.717) is 22.1 Å². The SMILES string of the molecule is COC1CC(Oc2ccnc3cc(CBr)c(Cl)nc23)C1. The van der Waals surface area contributed by atoms with E-state index in [-0.39, 0.29) is 6.10 Å². The summed E-state index contributed by atoms with van der Waals surface area (Å²) in [6, 6.07) is 3.77. The molecular weight excluding hydrogens is 344 g/mol. The molecular formula is C14H14BrClN2O2. The van der Waals surface area contributed by atoms with Crippen molar-refractivity contribution in [3.63, 3.8) is 0 Å². The molecule has 0 amide bonds. The minimum Gasteiger partial charge on any atom is -0.488 e. The molecule has 0 N–H and O–H groups in total. The van der Waals surface area contributed by atoms with Gasteiger partial charge < -0.3 is 9.47 Å². The molecule has 2 aromatic heterocycles. The molecule has 1 aliphatic carbocycles. The van der Waals surface area contributed by atoms with Crippen molar-refractivity contribution in [2.75, 3.05) is 7.11 Å². The van der Waals surface area contributed by atoms with Crippen molar-refractivity contribution in [3.05, 3.63) is 29.0 Å². The van der Waals surface area contributed by atoms with Crippen molar-refractivity contribution in [2.45, 2.75) is 30.4 Å². The average Bonchev–Trinajstić information content (AvgIpc) is 2.42. The predicted octanol–water partition coefficient (Wildman–Crippen LogP) is 3.73. The molecule has 1 fully saturated rings. The van der Waals surface area contributed by atoms with Crippen LogP contribution < -0.4 is 4.74 Å². The van der Waals surface area contributed by atoms with E-state index in [2.05, 4.69) is 25.9 Å². The van der Waals surface area contributed by atoms with E-state index in [1.165, 1.54) is 0 Å². The largest absolute Gasteiger partial charge is 0.488 e. The molecule has 0 aliphatic heterocycles. The third kappa shape index (κ3) is 2.62. The summed E-state index contributed by atoms with van der Waals surface area (Å²) < 4.78 is 11.2. The van der Waals surface area contributed by atoms with E-state index in [1.54, 1.807) is 13.3 Å². The number of hydrogen-bond acceptors (Lipinski definition) is 4. The molecule has 0 atom stereocenters. The Kier molecular flexibility index (Phi) is 4.10. The fourth-order valence-electron chi connectivity index (χ4n) is 2.24. The van der Waals surface area contributed by atoms with Crippen LogP contribution in [0.5, 0.6) is 5.75 Å². The first kappa shape index (κ1) is 14.0. The molecule has 0 unspecified atom stereocenters. The van der Waals surface area contributed by atoms with Crippen LogP contribution in [0.3, 0.4) is 0 Å². The Balaban J connectivity index is 1.89. The van der Waals surface area contributed by atoms with Crippen LogP contribution in [-0.2, 0) is 10.1 Å². The molecule has 0 spiro atoms. The molecule has 2 heterocycles. The van der Waals surface area contributed by atoms with Crippen LogP contribution in [0, 0.1) is 0 Å². The molecule has 4 nitrogen and oxygen atoms in total. The van der Waals surface area contributed by atoms with Crippen molar-refractivity contribution in [1.82, 2.24) is 9.97 Å². The molecule has 0 saturated heterocycles. The zero-order valence-electron chi connectivity index (χ0n) is 11.0. The van der Waals surface area contributed by atoms with E-state index in [1.807, 2.05) is 12.1 Å². The number of alkyl halides is 1. The van der Waals surface area contributed by atoms with Crippen LogP contribution in [0.2, 0.25) is 5.15 Å². The average molecular weight is 358 g/mol. The highest BCUT2D eigenvalue weighted by Crippen LogP contribution is 2.32. The molecule has 0 radical (unpaired) electrons. The van der Waals surface area contributed by atoms with Gasteiger partial charge in [-0.15, -0.1) is 0 Å². The number of fused-ring (bicyclic) bond motifs is 1. The van der Waals surface area contributed by atoms with Gasteiger partial charge in [0.05, 0.1) is 11.6 Å². The van der Waals surface area contributed by atoms with E-state index >= 15 is 0 Å². The molecule has 2 aromatic rings. The second-order valence-corrected chi connectivity index (χ2v) is 5.74. The molecule has 3 rings (SSSR count). The van der Waals surface area contributed by atoms with Gasteiger partial charge in [0, 0.05) is 43.1 Å². The van der Waals surface area contributed by atoms with Crippen molar-refractivity contribution in [3.8, 4) is 5.75 Å². The minimum absolute atomic E-state index is 0.182. The van der Waals surface area contributed by atoms with Crippen molar-refractivity contribution in [1.29, 1.82) is 0 Å². The highest BCUT2D eigenvalue weighted by Gasteiger charge is 2.31. The standard InChI is InChI=1S/C14H14BrClN2O2/c1-19-9-5-10(6-9)20-12-2-3-17-11-4-8(7-15)14(16)18-13(11)12/h2-4,9-10H,5-7H2,1H3. The maximum absolute atomic E-state index is 6.16. The zero-order chi connectivity index (χ0) is 14.1. The third-order valence-electron chi connectivity index (χ3n) is 3.52. The number of halogens is 2. The summed E-state index contributed by atoms with van der Waals surface area (Å²) in [5.74, 6) is 0.734. The third-order valence-corrected chi connectivity index (χ3v) is 4.46. The maximum Gasteiger partial charge on any atom is 0.149 e. The second-order valence-electron chi connectivity index (χ2n) is 4.82. The lowest BCUT2D eigenvalue weighted by Crippen LogP contribution is -2.38. The van der Waals surface area contributed by atoms with Gasteiger partial charge in [0.2, 0.25) is 0 Å². The highest BCUT2D eigenvalue weighted by atomic mass is 79.9. The van der Waals surface area contributed by atoms with E-state index in [4.69, 9.17) is 21.1 Å². The number of pyridine rings is 2. The van der Waals surface area contributed by atoms with Crippen LogP contribution in [0.4, 0.5) is 0 Å². The monoisotopic (exact) mass is 356 g/mol. The molecule has 1 saturated carbocycles. The Bertz CT molecular complexity index is 632. The Morgan fingerprint density at radius 3 is 2.90 bits per heavy atom. The quantitative estimate of drug-likeness (QED) is 0.618. The number of hydrogen-bond donors (Lipinski definition) is 0. The zero-order valence-corrected chi connectivity index (χ0v) is 13.3. The van der Waals surface area contributed by atoms with E-state index < -0.39 is 0 Å². The molecule has 1 aliphatic rings. The topological polar surface area (TPSA) is 44.2 Å². The number of nitrogens with zero attached hydrogens (tertiary/aromatic N) is 2. The number of aromatic nitrogens is 2. The Labute approximate surface area is 130 Å². The summed E-state index contributed by atoms with van der Waals surface area (Å²) in [7, 11) is 1.73. The summed E-state index contributed by atoms with van der Waals surface area (Å²) in [6.45, 7) is 0. The van der Waals surface area contributed by atoms with Crippen LogP contribution in [0.15, 0.2) is 18.3 Å². The molecule has 0 bridgehead atoms. The first-order chi connectivity index (χ1) is 9.71. The number of rotatable bonds is 4. The fraction of sp³-hybridized carbons (Fsp3) is 0.429. The van der Waals surface area contributed by atoms with Gasteiger partial charge in [-0.2, -0.15) is 0 Å². The van der Waals surface area contributed by atoms with Gasteiger partial charge >= 0.3 is 0 Å². The molecule has 6 heteroatoms. The molecule has 20 heavy (non-hydrogen) atoms. The van der Waals surface area contributed by atoms with Crippen molar-refractivity contribution >= 4 is 38.6 Å². The first-order valence-corrected chi connectivity index (χ1v) is 7.90. The normalized spacial score (nSPS) is 21.8. The van der Waals surface area contributed by atoms with Gasteiger partial charge in [-0.1, -0.05) is 27.5 Å². The van der Waals surface area contributed by atoms with Gasteiger partial charge in [0.1, 0.15) is 22.5 Å². The lowest BCUT2D eigenvalue weighted by Gasteiger charge is -2.34. The van der Waals surface area contributed by atoms with Gasteiger partial charge in [-0.3, -0.25) is 4.98 Å². The Hall–Kier alpha value is -0.910. The van der Waals surface area contributed by atoms with E-state index in [0.717, 1.165) is 29.7 Å². The lowest BCUT2D eigenvalue weighted by molar-refractivity contribution is -0.0376. The minimum atomic E-state index is 0.182. The second kappa shape index (κ2) is 5.84.